The minimum Gasteiger partial charge on any atom is -0.367 e. The predicted molar refractivity (Wildman–Crippen MR) is 109 cm³/mol. The van der Waals surface area contributed by atoms with Crippen molar-refractivity contribution in [3.05, 3.63) is 35.7 Å². The molecule has 4 nitrogen and oxygen atoms in total. The Morgan fingerprint density at radius 2 is 1.35 bits per heavy atom. The molecule has 2 saturated carbocycles. The van der Waals surface area contributed by atoms with Gasteiger partial charge in [-0.2, -0.15) is 0 Å². The van der Waals surface area contributed by atoms with Crippen LogP contribution in [0.5, 0.6) is 0 Å². The lowest BCUT2D eigenvalue weighted by Crippen LogP contribution is -2.20. The lowest BCUT2D eigenvalue weighted by atomic mass is 10.0. The number of nitrogens with one attached hydrogen (secondary N) is 2. The maximum absolute atomic E-state index is 4.82. The van der Waals surface area contributed by atoms with Crippen LogP contribution in [-0.2, 0) is 0 Å². The first-order chi connectivity index (χ1) is 12.7. The topological polar surface area (TPSA) is 49.8 Å². The molecule has 2 aromatic rings. The van der Waals surface area contributed by atoms with E-state index in [1.807, 2.05) is 6.92 Å². The molecule has 0 saturated heterocycles. The van der Waals surface area contributed by atoms with E-state index in [1.54, 1.807) is 0 Å². The zero-order valence-corrected chi connectivity index (χ0v) is 16.0. The lowest BCUT2D eigenvalue weighted by molar-refractivity contribution is 0.741. The Labute approximate surface area is 156 Å². The molecule has 4 rings (SSSR count). The van der Waals surface area contributed by atoms with E-state index in [0.717, 1.165) is 23.0 Å². The standard InChI is InChI=1S/C22H30N4/c1-15-8-7-9-17(14-15)20-21(25-18-10-3-4-11-18)23-16(2)24-22(20)26-19-12-5-6-13-19/h7-9,14,18-19H,3-6,10-13H2,1-2H3,(H2,23,24,25,26). The van der Waals surface area contributed by atoms with E-state index in [9.17, 15) is 0 Å². The number of nitrogens with zero attached hydrogens (tertiary/aromatic N) is 2. The third kappa shape index (κ3) is 3.84. The Morgan fingerprint density at radius 3 is 1.85 bits per heavy atom. The number of anilines is 2. The van der Waals surface area contributed by atoms with Crippen LogP contribution in [0.1, 0.15) is 62.8 Å². The van der Waals surface area contributed by atoms with Gasteiger partial charge < -0.3 is 10.6 Å². The van der Waals surface area contributed by atoms with Gasteiger partial charge in [-0.3, -0.25) is 0 Å². The molecule has 1 aromatic heterocycles. The maximum atomic E-state index is 4.82. The van der Waals surface area contributed by atoms with Gasteiger partial charge >= 0.3 is 0 Å². The van der Waals surface area contributed by atoms with Crippen molar-refractivity contribution in [2.75, 3.05) is 10.6 Å². The van der Waals surface area contributed by atoms with Crippen molar-refractivity contribution in [3.8, 4) is 11.1 Å². The zero-order chi connectivity index (χ0) is 17.9. The first kappa shape index (κ1) is 17.3. The Kier molecular flexibility index (Phi) is 5.09. The molecule has 1 aromatic carbocycles. The number of hydrogen-bond acceptors (Lipinski definition) is 4. The van der Waals surface area contributed by atoms with E-state index in [-0.39, 0.29) is 0 Å². The minimum atomic E-state index is 0.534. The van der Waals surface area contributed by atoms with Gasteiger partial charge in [-0.05, 0) is 45.1 Å². The second-order valence-electron chi connectivity index (χ2n) is 7.96. The molecule has 0 aliphatic heterocycles. The summed E-state index contributed by atoms with van der Waals surface area (Å²) in [5.74, 6) is 2.83. The van der Waals surface area contributed by atoms with Crippen molar-refractivity contribution in [1.82, 2.24) is 9.97 Å². The number of aromatic nitrogens is 2. The van der Waals surface area contributed by atoms with Gasteiger partial charge in [0.25, 0.3) is 0 Å². The summed E-state index contributed by atoms with van der Waals surface area (Å²) in [6.07, 6.45) is 10.2. The highest BCUT2D eigenvalue weighted by atomic mass is 15.1. The molecular formula is C22H30N4. The van der Waals surface area contributed by atoms with Crippen molar-refractivity contribution in [1.29, 1.82) is 0 Å². The third-order valence-electron chi connectivity index (χ3n) is 5.72. The Morgan fingerprint density at radius 1 is 0.808 bits per heavy atom. The minimum absolute atomic E-state index is 0.534. The van der Waals surface area contributed by atoms with Crippen LogP contribution in [0.2, 0.25) is 0 Å². The van der Waals surface area contributed by atoms with Gasteiger partial charge in [-0.1, -0.05) is 55.5 Å². The summed E-state index contributed by atoms with van der Waals surface area (Å²) in [5, 5.41) is 7.48. The Balaban J connectivity index is 1.76. The Bertz CT molecular complexity index is 719. The lowest BCUT2D eigenvalue weighted by Gasteiger charge is -2.22. The molecule has 0 radical (unpaired) electrons. The highest BCUT2D eigenvalue weighted by Crippen LogP contribution is 2.36. The van der Waals surface area contributed by atoms with Crippen molar-refractivity contribution in [2.24, 2.45) is 0 Å². The summed E-state index contributed by atoms with van der Waals surface area (Å²) in [5.41, 5.74) is 3.60. The van der Waals surface area contributed by atoms with Crippen LogP contribution in [0.3, 0.4) is 0 Å². The molecule has 0 amide bonds. The number of benzene rings is 1. The fourth-order valence-corrected chi connectivity index (χ4v) is 4.38. The molecule has 1 heterocycles. The second-order valence-corrected chi connectivity index (χ2v) is 7.96. The molecule has 0 spiro atoms. The van der Waals surface area contributed by atoms with Crippen LogP contribution >= 0.6 is 0 Å². The normalized spacial score (nSPS) is 18.4. The number of rotatable bonds is 5. The molecule has 0 bridgehead atoms. The predicted octanol–water partition coefficient (Wildman–Crippen LogP) is 5.47. The van der Waals surface area contributed by atoms with Crippen LogP contribution in [-0.4, -0.2) is 22.1 Å². The van der Waals surface area contributed by atoms with E-state index in [1.165, 1.54) is 62.5 Å². The number of aryl methyl sites for hydroxylation is 2. The van der Waals surface area contributed by atoms with E-state index >= 15 is 0 Å². The quantitative estimate of drug-likeness (QED) is 0.751. The van der Waals surface area contributed by atoms with Crippen molar-refractivity contribution in [3.63, 3.8) is 0 Å². The largest absolute Gasteiger partial charge is 0.367 e. The SMILES string of the molecule is Cc1cccc(-c2c(NC3CCCC3)nc(C)nc2NC2CCCC2)c1. The van der Waals surface area contributed by atoms with Gasteiger partial charge in [0.15, 0.2) is 0 Å². The van der Waals surface area contributed by atoms with E-state index in [4.69, 9.17) is 9.97 Å². The fraction of sp³-hybridized carbons (Fsp3) is 0.545. The first-order valence-corrected chi connectivity index (χ1v) is 10.2. The molecule has 138 valence electrons. The molecule has 4 heteroatoms. The van der Waals surface area contributed by atoms with E-state index in [0.29, 0.717) is 12.1 Å². The maximum Gasteiger partial charge on any atom is 0.140 e. The molecule has 2 aliphatic rings. The van der Waals surface area contributed by atoms with Gasteiger partial charge in [-0.25, -0.2) is 9.97 Å². The molecule has 26 heavy (non-hydrogen) atoms. The molecule has 0 unspecified atom stereocenters. The average Bonchev–Trinajstić information content (AvgIpc) is 3.28. The smallest absolute Gasteiger partial charge is 0.140 e. The van der Waals surface area contributed by atoms with E-state index < -0.39 is 0 Å². The van der Waals surface area contributed by atoms with Crippen LogP contribution < -0.4 is 10.6 Å². The first-order valence-electron chi connectivity index (χ1n) is 10.2. The highest BCUT2D eigenvalue weighted by molar-refractivity contribution is 5.85. The molecular weight excluding hydrogens is 320 g/mol. The molecule has 2 fully saturated rings. The molecule has 2 aliphatic carbocycles. The van der Waals surface area contributed by atoms with E-state index in [2.05, 4.69) is 41.8 Å². The van der Waals surface area contributed by atoms with Crippen LogP contribution in [0, 0.1) is 13.8 Å². The van der Waals surface area contributed by atoms with Crippen molar-refractivity contribution in [2.45, 2.75) is 77.3 Å². The average molecular weight is 351 g/mol. The fourth-order valence-electron chi connectivity index (χ4n) is 4.38. The summed E-state index contributed by atoms with van der Waals surface area (Å²) in [4.78, 5) is 9.63. The summed E-state index contributed by atoms with van der Waals surface area (Å²) < 4.78 is 0. The molecule has 2 N–H and O–H groups in total. The summed E-state index contributed by atoms with van der Waals surface area (Å²) in [7, 11) is 0. The van der Waals surface area contributed by atoms with Gasteiger partial charge in [0, 0.05) is 12.1 Å². The second kappa shape index (κ2) is 7.65. The van der Waals surface area contributed by atoms with Crippen LogP contribution in [0.4, 0.5) is 11.6 Å². The van der Waals surface area contributed by atoms with Gasteiger partial charge in [0.1, 0.15) is 17.5 Å². The van der Waals surface area contributed by atoms with Gasteiger partial charge in [0.05, 0.1) is 5.56 Å². The number of hydrogen-bond donors (Lipinski definition) is 2. The van der Waals surface area contributed by atoms with Crippen molar-refractivity contribution < 1.29 is 0 Å². The van der Waals surface area contributed by atoms with Crippen LogP contribution in [0.15, 0.2) is 24.3 Å². The van der Waals surface area contributed by atoms with Gasteiger partial charge in [0.2, 0.25) is 0 Å². The van der Waals surface area contributed by atoms with Crippen LogP contribution in [0.25, 0.3) is 11.1 Å². The summed E-state index contributed by atoms with van der Waals surface area (Å²) in [6.45, 7) is 4.15. The summed E-state index contributed by atoms with van der Waals surface area (Å²) in [6, 6.07) is 9.77. The van der Waals surface area contributed by atoms with Crippen molar-refractivity contribution >= 4 is 11.6 Å². The highest BCUT2D eigenvalue weighted by Gasteiger charge is 2.23. The monoisotopic (exact) mass is 350 g/mol. The van der Waals surface area contributed by atoms with Gasteiger partial charge in [-0.15, -0.1) is 0 Å². The molecule has 0 atom stereocenters. The third-order valence-corrected chi connectivity index (χ3v) is 5.72. The summed E-state index contributed by atoms with van der Waals surface area (Å²) >= 11 is 0. The Hall–Kier alpha value is -2.10. The zero-order valence-electron chi connectivity index (χ0n) is 16.0.